The Kier molecular flexibility index (Phi) is 6.69. The summed E-state index contributed by atoms with van der Waals surface area (Å²) in [5.74, 6) is 1.72. The van der Waals surface area contributed by atoms with Crippen molar-refractivity contribution in [2.75, 3.05) is 20.1 Å². The second-order valence-corrected chi connectivity index (χ2v) is 7.39. The first-order valence-corrected chi connectivity index (χ1v) is 10.0. The Bertz CT molecular complexity index is 818. The van der Waals surface area contributed by atoms with Crippen molar-refractivity contribution in [1.29, 1.82) is 0 Å². The van der Waals surface area contributed by atoms with E-state index in [-0.39, 0.29) is 0 Å². The SMILES string of the molecule is CCC1CN(C(=NC)NCc2cccc(C(N)=O)c2)CCC1c1ccccc1. The molecule has 0 aliphatic carbocycles. The number of primary amides is 1. The molecule has 0 spiro atoms. The zero-order valence-electron chi connectivity index (χ0n) is 16.8. The van der Waals surface area contributed by atoms with Crippen LogP contribution in [0.3, 0.4) is 0 Å². The molecule has 1 aliphatic rings. The minimum atomic E-state index is -0.403. The molecule has 2 unspecified atom stereocenters. The summed E-state index contributed by atoms with van der Waals surface area (Å²) >= 11 is 0. The fraction of sp³-hybridized carbons (Fsp3) is 0.391. The molecule has 3 rings (SSSR count). The Morgan fingerprint density at radius 3 is 2.68 bits per heavy atom. The van der Waals surface area contributed by atoms with Crippen molar-refractivity contribution in [3.63, 3.8) is 0 Å². The van der Waals surface area contributed by atoms with E-state index < -0.39 is 5.91 Å². The van der Waals surface area contributed by atoms with Crippen molar-refractivity contribution in [1.82, 2.24) is 10.2 Å². The summed E-state index contributed by atoms with van der Waals surface area (Å²) in [4.78, 5) is 18.2. The fourth-order valence-corrected chi connectivity index (χ4v) is 4.13. The standard InChI is InChI=1S/C23H30N4O/c1-3-18-16-27(13-12-21(18)19-9-5-4-6-10-19)23(25-2)26-15-17-8-7-11-20(14-17)22(24)28/h4-11,14,18,21H,3,12-13,15-16H2,1-2H3,(H2,24,28)(H,25,26). The highest BCUT2D eigenvalue weighted by molar-refractivity contribution is 5.92. The molecule has 0 radical (unpaired) electrons. The summed E-state index contributed by atoms with van der Waals surface area (Å²) in [6.07, 6.45) is 2.27. The number of likely N-dealkylation sites (tertiary alicyclic amines) is 1. The van der Waals surface area contributed by atoms with E-state index in [0.717, 1.165) is 37.5 Å². The van der Waals surface area contributed by atoms with Crippen molar-refractivity contribution in [3.8, 4) is 0 Å². The highest BCUT2D eigenvalue weighted by Crippen LogP contribution is 2.34. The van der Waals surface area contributed by atoms with E-state index in [9.17, 15) is 4.79 Å². The van der Waals surface area contributed by atoms with Gasteiger partial charge in [-0.25, -0.2) is 0 Å². The van der Waals surface area contributed by atoms with Gasteiger partial charge in [0.25, 0.3) is 0 Å². The summed E-state index contributed by atoms with van der Waals surface area (Å²) < 4.78 is 0. The van der Waals surface area contributed by atoms with Gasteiger partial charge in [0.15, 0.2) is 5.96 Å². The van der Waals surface area contributed by atoms with Crippen LogP contribution in [0.4, 0.5) is 0 Å². The maximum atomic E-state index is 11.4. The predicted molar refractivity (Wildman–Crippen MR) is 114 cm³/mol. The van der Waals surface area contributed by atoms with Crippen LogP contribution in [0.2, 0.25) is 0 Å². The largest absolute Gasteiger partial charge is 0.366 e. The average molecular weight is 379 g/mol. The Morgan fingerprint density at radius 2 is 2.00 bits per heavy atom. The van der Waals surface area contributed by atoms with Gasteiger partial charge in [-0.15, -0.1) is 0 Å². The van der Waals surface area contributed by atoms with Crippen LogP contribution in [-0.4, -0.2) is 36.9 Å². The topological polar surface area (TPSA) is 70.7 Å². The molecule has 2 aromatic carbocycles. The number of aliphatic imine (C=N–C) groups is 1. The quantitative estimate of drug-likeness (QED) is 0.619. The lowest BCUT2D eigenvalue weighted by molar-refractivity contribution is 0.1000. The molecule has 2 atom stereocenters. The van der Waals surface area contributed by atoms with Gasteiger partial charge in [-0.3, -0.25) is 9.79 Å². The maximum absolute atomic E-state index is 11.4. The molecule has 148 valence electrons. The van der Waals surface area contributed by atoms with Crippen LogP contribution in [0.15, 0.2) is 59.6 Å². The lowest BCUT2D eigenvalue weighted by Gasteiger charge is -2.40. The van der Waals surface area contributed by atoms with Crippen molar-refractivity contribution in [3.05, 3.63) is 71.3 Å². The third-order valence-electron chi connectivity index (χ3n) is 5.66. The molecule has 2 aromatic rings. The van der Waals surface area contributed by atoms with E-state index in [1.54, 1.807) is 6.07 Å². The van der Waals surface area contributed by atoms with Gasteiger partial charge in [0.2, 0.25) is 5.91 Å². The Balaban J connectivity index is 1.64. The van der Waals surface area contributed by atoms with Crippen molar-refractivity contribution in [2.24, 2.45) is 16.6 Å². The molecule has 5 heteroatoms. The minimum absolute atomic E-state index is 0.403. The average Bonchev–Trinajstić information content (AvgIpc) is 2.74. The second-order valence-electron chi connectivity index (χ2n) is 7.39. The molecule has 3 N–H and O–H groups in total. The Labute approximate surface area is 167 Å². The number of carbonyl (C=O) groups excluding carboxylic acids is 1. The lowest BCUT2D eigenvalue weighted by atomic mass is 9.79. The van der Waals surface area contributed by atoms with Gasteiger partial charge >= 0.3 is 0 Å². The number of nitrogens with zero attached hydrogens (tertiary/aromatic N) is 2. The number of hydrogen-bond donors (Lipinski definition) is 2. The summed E-state index contributed by atoms with van der Waals surface area (Å²) in [6.45, 7) is 4.87. The third kappa shape index (κ3) is 4.71. The van der Waals surface area contributed by atoms with Crippen molar-refractivity contribution >= 4 is 11.9 Å². The molecule has 5 nitrogen and oxygen atoms in total. The number of guanidine groups is 1. The number of nitrogens with two attached hydrogens (primary N) is 1. The number of hydrogen-bond acceptors (Lipinski definition) is 2. The number of amides is 1. The minimum Gasteiger partial charge on any atom is -0.366 e. The molecule has 1 aliphatic heterocycles. The van der Waals surface area contributed by atoms with Gasteiger partial charge < -0.3 is 16.0 Å². The van der Waals surface area contributed by atoms with Crippen molar-refractivity contribution < 1.29 is 4.79 Å². The normalized spacial score (nSPS) is 20.1. The van der Waals surface area contributed by atoms with Crippen LogP contribution < -0.4 is 11.1 Å². The molecular weight excluding hydrogens is 348 g/mol. The van der Waals surface area contributed by atoms with E-state index in [2.05, 4.69) is 52.5 Å². The van der Waals surface area contributed by atoms with Gasteiger partial charge in [-0.2, -0.15) is 0 Å². The monoisotopic (exact) mass is 378 g/mol. The number of benzene rings is 2. The van der Waals surface area contributed by atoms with Crippen LogP contribution in [0, 0.1) is 5.92 Å². The predicted octanol–water partition coefficient (Wildman–Crippen LogP) is 3.38. The van der Waals surface area contributed by atoms with Crippen LogP contribution in [0.25, 0.3) is 0 Å². The number of rotatable bonds is 5. The molecule has 0 aromatic heterocycles. The van der Waals surface area contributed by atoms with Crippen LogP contribution >= 0.6 is 0 Å². The molecule has 1 heterocycles. The molecule has 28 heavy (non-hydrogen) atoms. The van der Waals surface area contributed by atoms with E-state index in [1.165, 1.54) is 5.56 Å². The second kappa shape index (κ2) is 9.40. The zero-order chi connectivity index (χ0) is 19.9. The van der Waals surface area contributed by atoms with Crippen LogP contribution in [0.5, 0.6) is 0 Å². The molecular formula is C23H30N4O. The van der Waals surface area contributed by atoms with Gasteiger partial charge in [-0.1, -0.05) is 55.8 Å². The molecule has 1 saturated heterocycles. The number of piperidine rings is 1. The first-order valence-electron chi connectivity index (χ1n) is 10.0. The lowest BCUT2D eigenvalue weighted by Crippen LogP contribution is -2.48. The summed E-state index contributed by atoms with van der Waals surface area (Å²) in [6, 6.07) is 18.3. The van der Waals surface area contributed by atoms with Gasteiger partial charge in [0.05, 0.1) is 0 Å². The molecule has 1 amide bonds. The summed E-state index contributed by atoms with van der Waals surface area (Å²) in [7, 11) is 1.83. The number of nitrogens with one attached hydrogen (secondary N) is 1. The summed E-state index contributed by atoms with van der Waals surface area (Å²) in [5.41, 5.74) is 8.38. The molecule has 0 saturated carbocycles. The van der Waals surface area contributed by atoms with Crippen LogP contribution in [-0.2, 0) is 6.54 Å². The Hall–Kier alpha value is -2.82. The molecule has 1 fully saturated rings. The maximum Gasteiger partial charge on any atom is 0.248 e. The number of carbonyl (C=O) groups is 1. The zero-order valence-corrected chi connectivity index (χ0v) is 16.8. The smallest absolute Gasteiger partial charge is 0.248 e. The van der Waals surface area contributed by atoms with Gasteiger partial charge in [0.1, 0.15) is 0 Å². The Morgan fingerprint density at radius 1 is 1.21 bits per heavy atom. The highest BCUT2D eigenvalue weighted by Gasteiger charge is 2.30. The van der Waals surface area contributed by atoms with Crippen molar-refractivity contribution in [2.45, 2.75) is 32.2 Å². The molecule has 0 bridgehead atoms. The van der Waals surface area contributed by atoms with Gasteiger partial charge in [0, 0.05) is 32.2 Å². The summed E-state index contributed by atoms with van der Waals surface area (Å²) in [5, 5.41) is 3.44. The first kappa shape index (κ1) is 19.9. The third-order valence-corrected chi connectivity index (χ3v) is 5.66. The first-order chi connectivity index (χ1) is 13.6. The van der Waals surface area contributed by atoms with Gasteiger partial charge in [-0.05, 0) is 41.5 Å². The van der Waals surface area contributed by atoms with E-state index >= 15 is 0 Å². The van der Waals surface area contributed by atoms with E-state index in [0.29, 0.717) is 23.9 Å². The van der Waals surface area contributed by atoms with Crippen LogP contribution in [0.1, 0.15) is 47.2 Å². The van der Waals surface area contributed by atoms with E-state index in [4.69, 9.17) is 5.73 Å². The fourth-order valence-electron chi connectivity index (χ4n) is 4.13. The highest BCUT2D eigenvalue weighted by atomic mass is 16.1. The van der Waals surface area contributed by atoms with E-state index in [1.807, 2.05) is 25.2 Å².